The molecule has 1 atom stereocenters. The van der Waals surface area contributed by atoms with Gasteiger partial charge < -0.3 is 80.5 Å². The molecular formula is C38H76O18. The van der Waals surface area contributed by atoms with E-state index in [-0.39, 0.29) is 18.5 Å². The van der Waals surface area contributed by atoms with Gasteiger partial charge in [0, 0.05) is 7.11 Å². The lowest BCUT2D eigenvalue weighted by atomic mass is 10.1. The first-order valence-electron chi connectivity index (χ1n) is 20.0. The Labute approximate surface area is 335 Å². The van der Waals surface area contributed by atoms with Gasteiger partial charge in [0.15, 0.2) is 0 Å². The van der Waals surface area contributed by atoms with Gasteiger partial charge >= 0.3 is 5.97 Å². The maximum absolute atomic E-state index is 11.5. The van der Waals surface area contributed by atoms with E-state index in [4.69, 9.17) is 80.5 Å². The van der Waals surface area contributed by atoms with E-state index in [1.54, 1.807) is 7.11 Å². The molecule has 0 rings (SSSR count). The molecule has 0 spiro atoms. The Hall–Kier alpha value is -1.17. The highest BCUT2D eigenvalue weighted by atomic mass is 16.6. The lowest BCUT2D eigenvalue weighted by Gasteiger charge is -2.10. The van der Waals surface area contributed by atoms with E-state index in [9.17, 15) is 4.79 Å². The van der Waals surface area contributed by atoms with Crippen LogP contribution in [0.15, 0.2) is 0 Å². The molecule has 0 aliphatic rings. The van der Waals surface area contributed by atoms with E-state index in [0.29, 0.717) is 205 Å². The molecule has 18 heteroatoms. The second-order valence-electron chi connectivity index (χ2n) is 11.7. The normalized spacial score (nSPS) is 12.1. The molecule has 0 saturated carbocycles. The Bertz CT molecular complexity index is 741. The number of esters is 1. The van der Waals surface area contributed by atoms with Crippen LogP contribution in [0.1, 0.15) is 20.3 Å². The Balaban J connectivity index is 3.08. The molecule has 0 aliphatic heterocycles. The Kier molecular flexibility index (Phi) is 48.9. The van der Waals surface area contributed by atoms with Crippen LogP contribution in [0.4, 0.5) is 0 Å². The quantitative estimate of drug-likeness (QED) is 0.0637. The molecule has 0 fully saturated rings. The number of methoxy groups -OCH3 is 1. The summed E-state index contributed by atoms with van der Waals surface area (Å²) in [4.78, 5) is 11.5. The molecule has 336 valence electrons. The standard InChI is InChI=1S/C38H76O18/c1-4-37(2)38(39)56-36-35-55-34-33-54-32-31-53-30-29-52-28-27-51-26-25-50-24-23-49-22-21-48-20-19-47-18-17-46-16-15-45-14-13-44-12-11-43-10-9-42-8-7-41-6-5-40-3/h37H,4-36H2,1-3H3. The summed E-state index contributed by atoms with van der Waals surface area (Å²) in [5, 5.41) is 0. The van der Waals surface area contributed by atoms with Crippen LogP contribution in [0.5, 0.6) is 0 Å². The molecule has 0 radical (unpaired) electrons. The minimum atomic E-state index is -0.187. The molecule has 18 nitrogen and oxygen atoms in total. The van der Waals surface area contributed by atoms with Crippen LogP contribution in [0.25, 0.3) is 0 Å². The van der Waals surface area contributed by atoms with Crippen LogP contribution >= 0.6 is 0 Å². The van der Waals surface area contributed by atoms with Crippen LogP contribution in [-0.4, -0.2) is 224 Å². The first-order valence-corrected chi connectivity index (χ1v) is 20.0. The summed E-state index contributed by atoms with van der Waals surface area (Å²) in [7, 11) is 1.64. The number of hydrogen-bond donors (Lipinski definition) is 0. The molecule has 0 aromatic carbocycles. The van der Waals surface area contributed by atoms with Crippen LogP contribution < -0.4 is 0 Å². The summed E-state index contributed by atoms with van der Waals surface area (Å²) in [6, 6.07) is 0. The monoisotopic (exact) mass is 821 g/mol. The van der Waals surface area contributed by atoms with Crippen molar-refractivity contribution in [1.82, 2.24) is 0 Å². The third-order valence-electron chi connectivity index (χ3n) is 7.13. The predicted octanol–water partition coefficient (Wildman–Crippen LogP) is 1.47. The van der Waals surface area contributed by atoms with Gasteiger partial charge in [-0.25, -0.2) is 0 Å². The molecule has 0 aromatic heterocycles. The van der Waals surface area contributed by atoms with Crippen molar-refractivity contribution in [2.45, 2.75) is 20.3 Å². The highest BCUT2D eigenvalue weighted by molar-refractivity contribution is 5.71. The zero-order valence-corrected chi connectivity index (χ0v) is 34.8. The van der Waals surface area contributed by atoms with Gasteiger partial charge in [0.05, 0.1) is 211 Å². The van der Waals surface area contributed by atoms with Crippen molar-refractivity contribution < 1.29 is 85.3 Å². The highest BCUT2D eigenvalue weighted by Crippen LogP contribution is 2.02. The highest BCUT2D eigenvalue weighted by Gasteiger charge is 2.11. The smallest absolute Gasteiger partial charge is 0.308 e. The minimum Gasteiger partial charge on any atom is -0.463 e. The first-order chi connectivity index (χ1) is 27.7. The van der Waals surface area contributed by atoms with Gasteiger partial charge in [-0.15, -0.1) is 0 Å². The van der Waals surface area contributed by atoms with E-state index in [1.165, 1.54) is 0 Å². The average molecular weight is 821 g/mol. The SMILES string of the molecule is CCC(C)C(=O)OCCOCCOCCOCCOCCOCCOCCOCCOCCOCCOCCOCCOCCOCCOCCOCCOC. The summed E-state index contributed by atoms with van der Waals surface area (Å²) in [5.41, 5.74) is 0. The van der Waals surface area contributed by atoms with Gasteiger partial charge in [0.25, 0.3) is 0 Å². The Morgan fingerprint density at radius 3 is 0.625 bits per heavy atom. The van der Waals surface area contributed by atoms with Crippen molar-refractivity contribution in [3.05, 3.63) is 0 Å². The molecule has 1 unspecified atom stereocenters. The number of carbonyl (C=O) groups is 1. The van der Waals surface area contributed by atoms with Crippen LogP contribution in [-0.2, 0) is 85.3 Å². The molecule has 0 aromatic rings. The largest absolute Gasteiger partial charge is 0.463 e. The van der Waals surface area contributed by atoms with E-state index in [0.717, 1.165) is 6.42 Å². The third kappa shape index (κ3) is 47.2. The van der Waals surface area contributed by atoms with Gasteiger partial charge in [-0.05, 0) is 6.42 Å². The number of rotatable bonds is 50. The van der Waals surface area contributed by atoms with Crippen LogP contribution in [0.3, 0.4) is 0 Å². The van der Waals surface area contributed by atoms with Crippen molar-refractivity contribution in [3.63, 3.8) is 0 Å². The topological polar surface area (TPSA) is 174 Å². The number of carbonyl (C=O) groups excluding carboxylic acids is 1. The summed E-state index contributed by atoms with van der Waals surface area (Å²) >= 11 is 0. The van der Waals surface area contributed by atoms with Crippen LogP contribution in [0, 0.1) is 5.92 Å². The zero-order valence-electron chi connectivity index (χ0n) is 34.8. The summed E-state index contributed by atoms with van der Waals surface area (Å²) in [6.45, 7) is 19.5. The third-order valence-corrected chi connectivity index (χ3v) is 7.13. The van der Waals surface area contributed by atoms with E-state index in [2.05, 4.69) is 0 Å². The second-order valence-corrected chi connectivity index (χ2v) is 11.7. The van der Waals surface area contributed by atoms with Gasteiger partial charge in [-0.2, -0.15) is 0 Å². The lowest BCUT2D eigenvalue weighted by Crippen LogP contribution is -2.18. The maximum atomic E-state index is 11.5. The van der Waals surface area contributed by atoms with Crippen molar-refractivity contribution in [1.29, 1.82) is 0 Å². The first kappa shape index (κ1) is 54.8. The molecule has 0 N–H and O–H groups in total. The number of hydrogen-bond acceptors (Lipinski definition) is 18. The Morgan fingerprint density at radius 2 is 0.464 bits per heavy atom. The minimum absolute atomic E-state index is 0.0777. The van der Waals surface area contributed by atoms with Gasteiger partial charge in [-0.1, -0.05) is 13.8 Å². The van der Waals surface area contributed by atoms with Crippen molar-refractivity contribution in [2.24, 2.45) is 5.92 Å². The maximum Gasteiger partial charge on any atom is 0.308 e. The van der Waals surface area contributed by atoms with E-state index >= 15 is 0 Å². The summed E-state index contributed by atoms with van der Waals surface area (Å²) in [5.74, 6) is -0.264. The fourth-order valence-corrected chi connectivity index (χ4v) is 3.83. The fourth-order valence-electron chi connectivity index (χ4n) is 3.83. The van der Waals surface area contributed by atoms with Crippen molar-refractivity contribution in [3.8, 4) is 0 Å². The van der Waals surface area contributed by atoms with Crippen molar-refractivity contribution >= 4 is 5.97 Å². The number of ether oxygens (including phenoxy) is 17. The van der Waals surface area contributed by atoms with Crippen LogP contribution in [0.2, 0.25) is 0 Å². The van der Waals surface area contributed by atoms with Gasteiger partial charge in [-0.3, -0.25) is 4.79 Å². The molecule has 0 amide bonds. The molecule has 0 saturated heterocycles. The molecule has 0 bridgehead atoms. The Morgan fingerprint density at radius 1 is 0.304 bits per heavy atom. The summed E-state index contributed by atoms with van der Waals surface area (Å²) in [6.07, 6.45) is 0.768. The van der Waals surface area contributed by atoms with Crippen molar-refractivity contribution in [2.75, 3.05) is 219 Å². The molecule has 0 aliphatic carbocycles. The van der Waals surface area contributed by atoms with E-state index in [1.807, 2.05) is 13.8 Å². The second kappa shape index (κ2) is 50.0. The molecule has 56 heavy (non-hydrogen) atoms. The van der Waals surface area contributed by atoms with Gasteiger partial charge in [0.1, 0.15) is 6.61 Å². The zero-order chi connectivity index (χ0) is 40.5. The van der Waals surface area contributed by atoms with E-state index < -0.39 is 0 Å². The molecular weight excluding hydrogens is 744 g/mol. The van der Waals surface area contributed by atoms with Gasteiger partial charge in [0.2, 0.25) is 0 Å². The lowest BCUT2D eigenvalue weighted by molar-refractivity contribution is -0.149. The fraction of sp³-hybridized carbons (Fsp3) is 0.974. The average Bonchev–Trinajstić information content (AvgIpc) is 3.21. The predicted molar refractivity (Wildman–Crippen MR) is 205 cm³/mol. The summed E-state index contributed by atoms with van der Waals surface area (Å²) < 4.78 is 91.8. The molecule has 0 heterocycles.